The molecule has 1 heterocycles. The third-order valence-corrected chi connectivity index (χ3v) is 2.84. The zero-order chi connectivity index (χ0) is 13.8. The summed E-state index contributed by atoms with van der Waals surface area (Å²) in [4.78, 5) is 23.1. The summed E-state index contributed by atoms with van der Waals surface area (Å²) in [7, 11) is 0. The predicted molar refractivity (Wildman–Crippen MR) is 81.0 cm³/mol. The number of pyridine rings is 1. The molecule has 4 nitrogen and oxygen atoms in total. The van der Waals surface area contributed by atoms with Gasteiger partial charge in [0.2, 0.25) is 12.3 Å². The summed E-state index contributed by atoms with van der Waals surface area (Å²) < 4.78 is 1.66. The zero-order valence-corrected chi connectivity index (χ0v) is 12.8. The van der Waals surface area contributed by atoms with Crippen LogP contribution in [0.4, 0.5) is 0 Å². The molecule has 2 aromatic rings. The van der Waals surface area contributed by atoms with Crippen molar-refractivity contribution in [1.82, 2.24) is 0 Å². The maximum atomic E-state index is 12.1. The minimum atomic E-state index is -0.503. The fourth-order valence-electron chi connectivity index (χ4n) is 1.76. The van der Waals surface area contributed by atoms with Crippen LogP contribution in [0.1, 0.15) is 26.3 Å². The highest BCUT2D eigenvalue weighted by molar-refractivity contribution is 8.93. The Morgan fingerprint density at radius 1 is 1.10 bits per heavy atom. The van der Waals surface area contributed by atoms with E-state index in [2.05, 4.69) is 0 Å². The van der Waals surface area contributed by atoms with E-state index in [1.54, 1.807) is 41.2 Å². The molecule has 0 aliphatic rings. The van der Waals surface area contributed by atoms with Crippen LogP contribution in [0, 0.1) is 6.92 Å². The van der Waals surface area contributed by atoms with Gasteiger partial charge in [0.25, 0.3) is 5.91 Å². The Kier molecular flexibility index (Phi) is 5.58. The number of hydrogen-bond acceptors (Lipinski definition) is 2. The summed E-state index contributed by atoms with van der Waals surface area (Å²) in [5.74, 6) is -0.510. The lowest BCUT2D eigenvalue weighted by Gasteiger charge is -2.00. The number of primary amides is 1. The SMILES string of the molecule is Br.Cc1ccc(C(=O)C[n+]2cccc(C(N)=O)c2)cc1. The Balaban J connectivity index is 0.00000200. The Labute approximate surface area is 128 Å². The second kappa shape index (κ2) is 6.96. The van der Waals surface area contributed by atoms with Gasteiger partial charge in [0, 0.05) is 11.6 Å². The lowest BCUT2D eigenvalue weighted by molar-refractivity contribution is -0.683. The zero-order valence-electron chi connectivity index (χ0n) is 11.1. The fraction of sp³-hybridized carbons (Fsp3) is 0.133. The van der Waals surface area contributed by atoms with Crippen molar-refractivity contribution in [3.63, 3.8) is 0 Å². The predicted octanol–water partition coefficient (Wildman–Crippen LogP) is 1.84. The summed E-state index contributed by atoms with van der Waals surface area (Å²) in [5, 5.41) is 0. The Bertz CT molecular complexity index is 624. The molecule has 0 radical (unpaired) electrons. The lowest BCUT2D eigenvalue weighted by Crippen LogP contribution is -2.38. The van der Waals surface area contributed by atoms with Gasteiger partial charge < -0.3 is 5.73 Å². The number of amides is 1. The third kappa shape index (κ3) is 3.99. The third-order valence-electron chi connectivity index (χ3n) is 2.84. The number of nitrogens with zero attached hydrogens (tertiary/aromatic N) is 1. The maximum absolute atomic E-state index is 12.1. The van der Waals surface area contributed by atoms with Gasteiger partial charge in [0.1, 0.15) is 5.56 Å². The standard InChI is InChI=1S/C15H14N2O2.BrH/c1-11-4-6-12(7-5-11)14(18)10-17-8-2-3-13(9-17)15(16)19;/h2-9H,10H2,1H3,(H-,16,19);1H/p+1. The molecule has 1 aromatic carbocycles. The van der Waals surface area contributed by atoms with E-state index in [9.17, 15) is 9.59 Å². The van der Waals surface area contributed by atoms with Crippen LogP contribution in [0.15, 0.2) is 48.8 Å². The number of halogens is 1. The molecule has 104 valence electrons. The van der Waals surface area contributed by atoms with E-state index in [0.717, 1.165) is 5.56 Å². The van der Waals surface area contributed by atoms with Gasteiger partial charge in [0.05, 0.1) is 0 Å². The Hall–Kier alpha value is -2.01. The van der Waals surface area contributed by atoms with Crippen LogP contribution in [-0.2, 0) is 6.54 Å². The van der Waals surface area contributed by atoms with Gasteiger partial charge in [-0.3, -0.25) is 9.59 Å². The van der Waals surface area contributed by atoms with Gasteiger partial charge in [-0.1, -0.05) is 29.8 Å². The summed E-state index contributed by atoms with van der Waals surface area (Å²) >= 11 is 0. The van der Waals surface area contributed by atoms with E-state index in [4.69, 9.17) is 5.73 Å². The molecule has 2 rings (SSSR count). The average molecular weight is 336 g/mol. The van der Waals surface area contributed by atoms with Crippen LogP contribution in [0.3, 0.4) is 0 Å². The summed E-state index contributed by atoms with van der Waals surface area (Å²) in [6.07, 6.45) is 3.31. The largest absolute Gasteiger partial charge is 0.365 e. The van der Waals surface area contributed by atoms with Gasteiger partial charge in [-0.15, -0.1) is 17.0 Å². The second-order valence-corrected chi connectivity index (χ2v) is 4.42. The number of Topliss-reactive ketones (excluding diaryl/α,β-unsaturated/α-hetero) is 1. The lowest BCUT2D eigenvalue weighted by atomic mass is 10.1. The molecule has 1 amide bonds. The maximum Gasteiger partial charge on any atom is 0.254 e. The fourth-order valence-corrected chi connectivity index (χ4v) is 1.76. The molecular formula is C15H16BrN2O2+. The van der Waals surface area contributed by atoms with Crippen molar-refractivity contribution in [2.45, 2.75) is 13.5 Å². The van der Waals surface area contributed by atoms with Crippen LogP contribution >= 0.6 is 17.0 Å². The number of aromatic nitrogens is 1. The Morgan fingerprint density at radius 2 is 1.75 bits per heavy atom. The molecule has 0 spiro atoms. The monoisotopic (exact) mass is 335 g/mol. The number of benzene rings is 1. The van der Waals surface area contributed by atoms with E-state index >= 15 is 0 Å². The van der Waals surface area contributed by atoms with Crippen molar-refractivity contribution in [3.8, 4) is 0 Å². The molecule has 0 atom stereocenters. The molecule has 5 heteroatoms. The number of rotatable bonds is 4. The van der Waals surface area contributed by atoms with Crippen molar-refractivity contribution in [3.05, 3.63) is 65.5 Å². The van der Waals surface area contributed by atoms with Gasteiger partial charge in [-0.2, -0.15) is 4.57 Å². The van der Waals surface area contributed by atoms with Crippen LogP contribution in [-0.4, -0.2) is 11.7 Å². The summed E-state index contributed by atoms with van der Waals surface area (Å²) in [6, 6.07) is 10.7. The molecule has 0 aliphatic heterocycles. The van der Waals surface area contributed by atoms with Crippen molar-refractivity contribution in [1.29, 1.82) is 0 Å². The Morgan fingerprint density at radius 3 is 2.35 bits per heavy atom. The number of ketones is 1. The topological polar surface area (TPSA) is 64.0 Å². The van der Waals surface area contributed by atoms with E-state index < -0.39 is 5.91 Å². The normalized spacial score (nSPS) is 9.65. The molecule has 0 unspecified atom stereocenters. The molecule has 0 saturated carbocycles. The first-order valence-electron chi connectivity index (χ1n) is 5.95. The van der Waals surface area contributed by atoms with Gasteiger partial charge in [-0.25, -0.2) is 0 Å². The molecule has 2 N–H and O–H groups in total. The molecular weight excluding hydrogens is 320 g/mol. The second-order valence-electron chi connectivity index (χ2n) is 4.42. The highest BCUT2D eigenvalue weighted by Crippen LogP contribution is 2.04. The number of hydrogen-bond donors (Lipinski definition) is 1. The molecule has 1 aromatic heterocycles. The molecule has 0 saturated heterocycles. The van der Waals surface area contributed by atoms with E-state index in [-0.39, 0.29) is 29.3 Å². The van der Waals surface area contributed by atoms with E-state index in [0.29, 0.717) is 11.1 Å². The number of carbonyl (C=O) groups excluding carboxylic acids is 2. The van der Waals surface area contributed by atoms with Crippen LogP contribution in [0.25, 0.3) is 0 Å². The summed E-state index contributed by atoms with van der Waals surface area (Å²) in [6.45, 7) is 2.16. The molecule has 0 fully saturated rings. The van der Waals surface area contributed by atoms with Crippen molar-refractivity contribution in [2.75, 3.05) is 0 Å². The average Bonchev–Trinajstić information content (AvgIpc) is 2.39. The highest BCUT2D eigenvalue weighted by atomic mass is 79.9. The number of nitrogens with two attached hydrogens (primary N) is 1. The summed E-state index contributed by atoms with van der Waals surface area (Å²) in [5.41, 5.74) is 7.36. The first-order chi connectivity index (χ1) is 9.06. The van der Waals surface area contributed by atoms with Crippen molar-refractivity contribution >= 4 is 28.7 Å². The minimum Gasteiger partial charge on any atom is -0.365 e. The van der Waals surface area contributed by atoms with Crippen molar-refractivity contribution < 1.29 is 14.2 Å². The minimum absolute atomic E-state index is 0. The van der Waals surface area contributed by atoms with Gasteiger partial charge in [-0.05, 0) is 13.0 Å². The van der Waals surface area contributed by atoms with E-state index in [1.165, 1.54) is 0 Å². The van der Waals surface area contributed by atoms with Gasteiger partial charge >= 0.3 is 0 Å². The van der Waals surface area contributed by atoms with Gasteiger partial charge in [0.15, 0.2) is 12.4 Å². The molecule has 0 aliphatic carbocycles. The van der Waals surface area contributed by atoms with Crippen LogP contribution in [0.5, 0.6) is 0 Å². The highest BCUT2D eigenvalue weighted by Gasteiger charge is 2.13. The molecule has 0 bridgehead atoms. The van der Waals surface area contributed by atoms with Crippen LogP contribution < -0.4 is 10.3 Å². The number of carbonyl (C=O) groups is 2. The molecule has 20 heavy (non-hydrogen) atoms. The van der Waals surface area contributed by atoms with E-state index in [1.807, 2.05) is 19.1 Å². The van der Waals surface area contributed by atoms with Crippen molar-refractivity contribution in [2.24, 2.45) is 5.73 Å². The first-order valence-corrected chi connectivity index (χ1v) is 5.95. The van der Waals surface area contributed by atoms with Crippen LogP contribution in [0.2, 0.25) is 0 Å². The quantitative estimate of drug-likeness (QED) is 0.684. The first kappa shape index (κ1) is 16.0. The smallest absolute Gasteiger partial charge is 0.254 e. The number of aryl methyl sites for hydroxylation is 1.